The van der Waals surface area contributed by atoms with Crippen molar-refractivity contribution >= 4 is 22.2 Å². The van der Waals surface area contributed by atoms with Crippen LogP contribution in [0.2, 0.25) is 0 Å². The molecular formula is C18H19BrO2. The molecule has 1 unspecified atom stereocenters. The third-order valence-electron chi connectivity index (χ3n) is 3.41. The first-order valence-electron chi connectivity index (χ1n) is 7.11. The van der Waals surface area contributed by atoms with Gasteiger partial charge in [0.15, 0.2) is 0 Å². The summed E-state index contributed by atoms with van der Waals surface area (Å²) in [5, 5.41) is 0.826. The molecule has 0 aliphatic carbocycles. The molecule has 0 N–H and O–H groups in total. The van der Waals surface area contributed by atoms with Crippen molar-refractivity contribution in [2.75, 3.05) is 11.9 Å². The topological polar surface area (TPSA) is 26.3 Å². The van der Waals surface area contributed by atoms with Crippen molar-refractivity contribution in [2.45, 2.75) is 18.8 Å². The molecule has 0 aliphatic heterocycles. The van der Waals surface area contributed by atoms with Crippen LogP contribution in [0.4, 0.5) is 0 Å². The molecule has 1 atom stereocenters. The Balaban J connectivity index is 1.91. The quantitative estimate of drug-likeness (QED) is 0.523. The number of hydrogen-bond donors (Lipinski definition) is 0. The fraction of sp³-hybridized carbons (Fsp3) is 0.278. The fourth-order valence-corrected chi connectivity index (χ4v) is 2.41. The average molecular weight is 347 g/mol. The predicted octanol–water partition coefficient (Wildman–Crippen LogP) is 4.38. The lowest BCUT2D eigenvalue weighted by Crippen LogP contribution is -2.02. The van der Waals surface area contributed by atoms with Crippen molar-refractivity contribution in [1.82, 2.24) is 0 Å². The summed E-state index contributed by atoms with van der Waals surface area (Å²) < 4.78 is 5.52. The van der Waals surface area contributed by atoms with Crippen molar-refractivity contribution in [3.8, 4) is 5.75 Å². The first kappa shape index (κ1) is 15.8. The van der Waals surface area contributed by atoms with E-state index in [4.69, 9.17) is 4.74 Å². The zero-order chi connectivity index (χ0) is 14.9. The largest absolute Gasteiger partial charge is 0.493 e. The Bertz CT molecular complexity index is 537. The highest BCUT2D eigenvalue weighted by Crippen LogP contribution is 2.21. The van der Waals surface area contributed by atoms with Crippen LogP contribution in [-0.4, -0.2) is 18.2 Å². The van der Waals surface area contributed by atoms with E-state index in [9.17, 15) is 4.79 Å². The number of ether oxygens (including phenoxy) is 1. The molecule has 2 aromatic carbocycles. The molecule has 0 aromatic heterocycles. The second kappa shape index (κ2) is 8.63. The molecule has 110 valence electrons. The summed E-state index contributed by atoms with van der Waals surface area (Å²) in [6.07, 6.45) is 2.76. The lowest BCUT2D eigenvalue weighted by atomic mass is 9.94. The second-order valence-electron chi connectivity index (χ2n) is 4.87. The van der Waals surface area contributed by atoms with E-state index in [2.05, 4.69) is 28.1 Å². The van der Waals surface area contributed by atoms with Crippen LogP contribution < -0.4 is 4.74 Å². The van der Waals surface area contributed by atoms with Crippen LogP contribution in [0.15, 0.2) is 54.6 Å². The monoisotopic (exact) mass is 346 g/mol. The molecule has 2 aromatic rings. The van der Waals surface area contributed by atoms with Crippen molar-refractivity contribution in [3.63, 3.8) is 0 Å². The van der Waals surface area contributed by atoms with E-state index in [1.165, 1.54) is 5.56 Å². The summed E-state index contributed by atoms with van der Waals surface area (Å²) in [5.74, 6) is 0.851. The molecule has 21 heavy (non-hydrogen) atoms. The number of halogens is 1. The van der Waals surface area contributed by atoms with Gasteiger partial charge >= 0.3 is 0 Å². The summed E-state index contributed by atoms with van der Waals surface area (Å²) >= 11 is 3.33. The van der Waals surface area contributed by atoms with Gasteiger partial charge in [0.25, 0.3) is 0 Å². The Morgan fingerprint density at radius 1 is 1.05 bits per heavy atom. The molecule has 0 radical (unpaired) electrons. The van der Waals surface area contributed by atoms with E-state index >= 15 is 0 Å². The van der Waals surface area contributed by atoms with Crippen LogP contribution in [0.25, 0.3) is 0 Å². The van der Waals surface area contributed by atoms with E-state index in [-0.39, 0.29) is 5.92 Å². The van der Waals surface area contributed by atoms with Gasteiger partial charge in [-0.3, -0.25) is 0 Å². The van der Waals surface area contributed by atoms with E-state index in [0.29, 0.717) is 6.61 Å². The van der Waals surface area contributed by atoms with E-state index in [1.807, 2.05) is 42.5 Å². The molecule has 0 bridgehead atoms. The number of hydrogen-bond acceptors (Lipinski definition) is 2. The van der Waals surface area contributed by atoms with Crippen molar-refractivity contribution < 1.29 is 9.53 Å². The zero-order valence-corrected chi connectivity index (χ0v) is 13.5. The second-order valence-corrected chi connectivity index (χ2v) is 5.67. The summed E-state index contributed by atoms with van der Waals surface area (Å²) in [4.78, 5) is 11.3. The van der Waals surface area contributed by atoms with E-state index in [0.717, 1.165) is 35.8 Å². The molecule has 2 nitrogen and oxygen atoms in total. The maximum Gasteiger partial charge on any atom is 0.127 e. The molecule has 0 saturated carbocycles. The number of carbonyl (C=O) groups excluding carboxylic acids is 1. The van der Waals surface area contributed by atoms with Crippen LogP contribution in [0, 0.1) is 0 Å². The van der Waals surface area contributed by atoms with E-state index < -0.39 is 0 Å². The molecule has 0 amide bonds. The Morgan fingerprint density at radius 2 is 1.76 bits per heavy atom. The van der Waals surface area contributed by atoms with E-state index in [1.54, 1.807) is 0 Å². The standard InChI is InChI=1S/C18H19BrO2/c19-12-13-21-18-10-7-15(8-11-18)6-9-17(14-20)16-4-2-1-3-5-16/h1-5,7-8,10-11,14,17H,6,9,12-13H2. The minimum Gasteiger partial charge on any atom is -0.493 e. The van der Waals surface area contributed by atoms with Gasteiger partial charge in [0.05, 0.1) is 6.61 Å². The Morgan fingerprint density at radius 3 is 2.38 bits per heavy atom. The zero-order valence-electron chi connectivity index (χ0n) is 11.9. The summed E-state index contributed by atoms with van der Waals surface area (Å²) in [7, 11) is 0. The first-order chi connectivity index (χ1) is 10.3. The smallest absolute Gasteiger partial charge is 0.127 e. The number of aldehydes is 1. The third kappa shape index (κ3) is 5.01. The van der Waals surface area contributed by atoms with Crippen LogP contribution in [-0.2, 0) is 11.2 Å². The van der Waals surface area contributed by atoms with Gasteiger partial charge in [-0.2, -0.15) is 0 Å². The van der Waals surface area contributed by atoms with Gasteiger partial charge in [-0.25, -0.2) is 0 Å². The minimum absolute atomic E-state index is 0.0319. The minimum atomic E-state index is -0.0319. The number of benzene rings is 2. The van der Waals surface area contributed by atoms with Crippen LogP contribution in [0.1, 0.15) is 23.5 Å². The Kier molecular flexibility index (Phi) is 6.48. The van der Waals surface area contributed by atoms with Crippen molar-refractivity contribution in [1.29, 1.82) is 0 Å². The molecular weight excluding hydrogens is 328 g/mol. The van der Waals surface area contributed by atoms with Crippen molar-refractivity contribution in [3.05, 3.63) is 65.7 Å². The lowest BCUT2D eigenvalue weighted by molar-refractivity contribution is -0.109. The summed E-state index contributed by atoms with van der Waals surface area (Å²) in [6, 6.07) is 18.0. The Labute approximate surface area is 134 Å². The van der Waals surface area contributed by atoms with Gasteiger partial charge < -0.3 is 9.53 Å². The maximum atomic E-state index is 11.3. The first-order valence-corrected chi connectivity index (χ1v) is 8.23. The third-order valence-corrected chi connectivity index (χ3v) is 3.73. The summed E-state index contributed by atoms with van der Waals surface area (Å²) in [6.45, 7) is 0.667. The van der Waals surface area contributed by atoms with Gasteiger partial charge in [0.2, 0.25) is 0 Å². The average Bonchev–Trinajstić information content (AvgIpc) is 2.55. The normalized spacial score (nSPS) is 11.9. The van der Waals surface area contributed by atoms with Gasteiger partial charge in [-0.15, -0.1) is 0 Å². The van der Waals surface area contributed by atoms with Crippen LogP contribution in [0.5, 0.6) is 5.75 Å². The number of alkyl halides is 1. The highest BCUT2D eigenvalue weighted by molar-refractivity contribution is 9.09. The molecule has 0 aliphatic rings. The van der Waals surface area contributed by atoms with Gasteiger partial charge in [0, 0.05) is 11.2 Å². The molecule has 0 spiro atoms. The fourth-order valence-electron chi connectivity index (χ4n) is 2.24. The number of carbonyl (C=O) groups is 1. The predicted molar refractivity (Wildman–Crippen MR) is 89.3 cm³/mol. The Hall–Kier alpha value is -1.61. The molecule has 0 saturated heterocycles. The SMILES string of the molecule is O=CC(CCc1ccc(OCCBr)cc1)c1ccccc1. The van der Waals surface area contributed by atoms with Gasteiger partial charge in [-0.1, -0.05) is 58.4 Å². The highest BCUT2D eigenvalue weighted by atomic mass is 79.9. The molecule has 2 rings (SSSR count). The van der Waals surface area contributed by atoms with Crippen LogP contribution in [0.3, 0.4) is 0 Å². The number of aryl methyl sites for hydroxylation is 1. The maximum absolute atomic E-state index is 11.3. The lowest BCUT2D eigenvalue weighted by Gasteiger charge is -2.11. The van der Waals surface area contributed by atoms with Gasteiger partial charge in [0.1, 0.15) is 12.0 Å². The molecule has 3 heteroatoms. The summed E-state index contributed by atoms with van der Waals surface area (Å²) in [5.41, 5.74) is 2.31. The van der Waals surface area contributed by atoms with Gasteiger partial charge in [-0.05, 0) is 36.1 Å². The highest BCUT2D eigenvalue weighted by Gasteiger charge is 2.10. The molecule has 0 fully saturated rings. The molecule has 0 heterocycles. The number of rotatable bonds is 8. The van der Waals surface area contributed by atoms with Crippen molar-refractivity contribution in [2.24, 2.45) is 0 Å². The van der Waals surface area contributed by atoms with Crippen LogP contribution >= 0.6 is 15.9 Å².